The normalized spacial score (nSPS) is 12.6. The zero-order chi connectivity index (χ0) is 13.1. The SMILES string of the molecule is CCCC(C)C(=O)Nc1nc2c(C)cccc2s1. The molecule has 0 fully saturated rings. The molecule has 4 heteroatoms. The number of fused-ring (bicyclic) bond motifs is 1. The molecule has 0 saturated heterocycles. The van der Waals surface area contributed by atoms with Gasteiger partial charge < -0.3 is 5.32 Å². The van der Waals surface area contributed by atoms with Crippen molar-refractivity contribution in [1.29, 1.82) is 0 Å². The van der Waals surface area contributed by atoms with Gasteiger partial charge in [-0.05, 0) is 25.0 Å². The van der Waals surface area contributed by atoms with Crippen LogP contribution in [-0.4, -0.2) is 10.9 Å². The molecule has 1 unspecified atom stereocenters. The monoisotopic (exact) mass is 262 g/mol. The molecule has 2 aromatic rings. The third-order valence-electron chi connectivity index (χ3n) is 3.02. The quantitative estimate of drug-likeness (QED) is 0.905. The number of nitrogens with zero attached hydrogens (tertiary/aromatic N) is 1. The van der Waals surface area contributed by atoms with Gasteiger partial charge in [0.05, 0.1) is 10.2 Å². The van der Waals surface area contributed by atoms with E-state index in [4.69, 9.17) is 0 Å². The fourth-order valence-electron chi connectivity index (χ4n) is 1.93. The number of rotatable bonds is 4. The fourth-order valence-corrected chi connectivity index (χ4v) is 2.88. The van der Waals surface area contributed by atoms with Crippen LogP contribution in [0.3, 0.4) is 0 Å². The topological polar surface area (TPSA) is 42.0 Å². The predicted octanol–water partition coefficient (Wildman–Crippen LogP) is 3.98. The molecular weight excluding hydrogens is 244 g/mol. The molecule has 1 N–H and O–H groups in total. The van der Waals surface area contributed by atoms with Crippen LogP contribution in [0.1, 0.15) is 32.3 Å². The van der Waals surface area contributed by atoms with Crippen molar-refractivity contribution >= 4 is 32.6 Å². The summed E-state index contributed by atoms with van der Waals surface area (Å²) in [6.07, 6.45) is 1.93. The first-order valence-corrected chi connectivity index (χ1v) is 7.10. The van der Waals surface area contributed by atoms with Crippen LogP contribution in [-0.2, 0) is 4.79 Å². The molecule has 0 aliphatic carbocycles. The molecule has 0 aliphatic rings. The van der Waals surface area contributed by atoms with Crippen molar-refractivity contribution in [2.75, 3.05) is 5.32 Å². The highest BCUT2D eigenvalue weighted by Crippen LogP contribution is 2.28. The summed E-state index contributed by atoms with van der Waals surface area (Å²) in [5, 5.41) is 3.61. The Bertz CT molecular complexity index is 562. The zero-order valence-electron chi connectivity index (χ0n) is 11.0. The maximum absolute atomic E-state index is 11.9. The van der Waals surface area contributed by atoms with Gasteiger partial charge in [0.1, 0.15) is 0 Å². The summed E-state index contributed by atoms with van der Waals surface area (Å²) >= 11 is 1.53. The number of amides is 1. The number of hydrogen-bond donors (Lipinski definition) is 1. The average molecular weight is 262 g/mol. The Morgan fingerprint density at radius 1 is 1.50 bits per heavy atom. The van der Waals surface area contributed by atoms with Gasteiger partial charge in [0.15, 0.2) is 5.13 Å². The zero-order valence-corrected chi connectivity index (χ0v) is 11.8. The Morgan fingerprint density at radius 3 is 2.94 bits per heavy atom. The van der Waals surface area contributed by atoms with Crippen molar-refractivity contribution in [2.24, 2.45) is 5.92 Å². The average Bonchev–Trinajstić information content (AvgIpc) is 2.73. The van der Waals surface area contributed by atoms with Crippen LogP contribution in [0.5, 0.6) is 0 Å². The van der Waals surface area contributed by atoms with Crippen molar-refractivity contribution < 1.29 is 4.79 Å². The van der Waals surface area contributed by atoms with Crippen LogP contribution in [0.4, 0.5) is 5.13 Å². The fraction of sp³-hybridized carbons (Fsp3) is 0.429. The Kier molecular flexibility index (Phi) is 3.97. The minimum Gasteiger partial charge on any atom is -0.302 e. The minimum atomic E-state index is 0.0445. The second kappa shape index (κ2) is 5.48. The molecular formula is C14H18N2OS. The smallest absolute Gasteiger partial charge is 0.228 e. The number of para-hydroxylation sites is 1. The van der Waals surface area contributed by atoms with Gasteiger partial charge >= 0.3 is 0 Å². The summed E-state index contributed by atoms with van der Waals surface area (Å²) in [7, 11) is 0. The molecule has 2 rings (SSSR count). The number of anilines is 1. The first-order chi connectivity index (χ1) is 8.61. The predicted molar refractivity (Wildman–Crippen MR) is 77.1 cm³/mol. The third-order valence-corrected chi connectivity index (χ3v) is 3.96. The molecule has 1 heterocycles. The number of thiazole rings is 1. The summed E-state index contributed by atoms with van der Waals surface area (Å²) in [4.78, 5) is 16.4. The molecule has 3 nitrogen and oxygen atoms in total. The van der Waals surface area contributed by atoms with Gasteiger partial charge in [0.25, 0.3) is 0 Å². The largest absolute Gasteiger partial charge is 0.302 e. The highest BCUT2D eigenvalue weighted by atomic mass is 32.1. The summed E-state index contributed by atoms with van der Waals surface area (Å²) < 4.78 is 1.12. The second-order valence-electron chi connectivity index (χ2n) is 4.62. The lowest BCUT2D eigenvalue weighted by Gasteiger charge is -2.08. The van der Waals surface area contributed by atoms with E-state index in [9.17, 15) is 4.79 Å². The lowest BCUT2D eigenvalue weighted by Crippen LogP contribution is -2.19. The Hall–Kier alpha value is -1.42. The van der Waals surface area contributed by atoms with Crippen molar-refractivity contribution in [3.8, 4) is 0 Å². The molecule has 96 valence electrons. The number of hydrogen-bond acceptors (Lipinski definition) is 3. The van der Waals surface area contributed by atoms with E-state index in [1.807, 2.05) is 32.0 Å². The molecule has 18 heavy (non-hydrogen) atoms. The van der Waals surface area contributed by atoms with E-state index >= 15 is 0 Å². The van der Waals surface area contributed by atoms with Gasteiger partial charge in [-0.25, -0.2) is 4.98 Å². The highest BCUT2D eigenvalue weighted by Gasteiger charge is 2.14. The summed E-state index contributed by atoms with van der Waals surface area (Å²) in [6, 6.07) is 6.08. The molecule has 0 saturated carbocycles. The molecule has 1 aromatic carbocycles. The van der Waals surface area contributed by atoms with Gasteiger partial charge in [0.2, 0.25) is 5.91 Å². The van der Waals surface area contributed by atoms with Crippen LogP contribution in [0.2, 0.25) is 0 Å². The lowest BCUT2D eigenvalue weighted by atomic mass is 10.1. The van der Waals surface area contributed by atoms with Gasteiger partial charge in [-0.2, -0.15) is 0 Å². The minimum absolute atomic E-state index is 0.0445. The first kappa shape index (κ1) is 13.0. The number of carbonyl (C=O) groups excluding carboxylic acids is 1. The molecule has 1 amide bonds. The Morgan fingerprint density at radius 2 is 2.28 bits per heavy atom. The van der Waals surface area contributed by atoms with Gasteiger partial charge in [0, 0.05) is 5.92 Å². The Labute approximate surface area is 111 Å². The second-order valence-corrected chi connectivity index (χ2v) is 5.65. The third kappa shape index (κ3) is 2.70. The van der Waals surface area contributed by atoms with E-state index in [1.165, 1.54) is 11.3 Å². The van der Waals surface area contributed by atoms with E-state index in [-0.39, 0.29) is 11.8 Å². The Balaban J connectivity index is 2.17. The first-order valence-electron chi connectivity index (χ1n) is 6.28. The number of nitrogens with one attached hydrogen (secondary N) is 1. The van der Waals surface area contributed by atoms with E-state index < -0.39 is 0 Å². The number of benzene rings is 1. The summed E-state index contributed by atoms with van der Waals surface area (Å²) in [6.45, 7) is 6.08. The van der Waals surface area contributed by atoms with Crippen LogP contribution in [0.15, 0.2) is 18.2 Å². The van der Waals surface area contributed by atoms with Crippen LogP contribution >= 0.6 is 11.3 Å². The van der Waals surface area contributed by atoms with Crippen molar-refractivity contribution in [2.45, 2.75) is 33.6 Å². The van der Waals surface area contributed by atoms with Crippen molar-refractivity contribution in [3.63, 3.8) is 0 Å². The van der Waals surface area contributed by atoms with E-state index in [2.05, 4.69) is 17.2 Å². The van der Waals surface area contributed by atoms with Gasteiger partial charge in [-0.15, -0.1) is 0 Å². The van der Waals surface area contributed by atoms with E-state index in [0.29, 0.717) is 5.13 Å². The van der Waals surface area contributed by atoms with Crippen molar-refractivity contribution in [1.82, 2.24) is 4.98 Å². The molecule has 1 atom stereocenters. The summed E-state index contributed by atoms with van der Waals surface area (Å²) in [5.74, 6) is 0.108. The van der Waals surface area contributed by atoms with E-state index in [0.717, 1.165) is 28.6 Å². The van der Waals surface area contributed by atoms with Crippen molar-refractivity contribution in [3.05, 3.63) is 23.8 Å². The summed E-state index contributed by atoms with van der Waals surface area (Å²) in [5.41, 5.74) is 2.13. The van der Waals surface area contributed by atoms with Crippen LogP contribution < -0.4 is 5.32 Å². The number of aryl methyl sites for hydroxylation is 1. The highest BCUT2D eigenvalue weighted by molar-refractivity contribution is 7.22. The van der Waals surface area contributed by atoms with E-state index in [1.54, 1.807) is 0 Å². The van der Waals surface area contributed by atoms with Gasteiger partial charge in [-0.1, -0.05) is 43.7 Å². The lowest BCUT2D eigenvalue weighted by molar-refractivity contribution is -0.119. The maximum Gasteiger partial charge on any atom is 0.228 e. The van der Waals surface area contributed by atoms with Crippen LogP contribution in [0, 0.1) is 12.8 Å². The number of carbonyl (C=O) groups is 1. The van der Waals surface area contributed by atoms with Crippen LogP contribution in [0.25, 0.3) is 10.2 Å². The maximum atomic E-state index is 11.9. The molecule has 1 aromatic heterocycles. The molecule has 0 radical (unpaired) electrons. The molecule has 0 bridgehead atoms. The molecule has 0 spiro atoms. The number of aromatic nitrogens is 1. The molecule has 0 aliphatic heterocycles. The standard InChI is InChI=1S/C14H18N2OS/c1-4-6-10(3)13(17)16-14-15-12-9(2)7-5-8-11(12)18-14/h5,7-8,10H,4,6H2,1-3H3,(H,15,16,17). The van der Waals surface area contributed by atoms with Gasteiger partial charge in [-0.3, -0.25) is 4.79 Å².